The van der Waals surface area contributed by atoms with Crippen LogP contribution in [0, 0.1) is 0 Å². The summed E-state index contributed by atoms with van der Waals surface area (Å²) >= 11 is 0. The lowest BCUT2D eigenvalue weighted by Gasteiger charge is -2.16. The average Bonchev–Trinajstić information content (AvgIpc) is 2.68. The average molecular weight is 229 g/mol. The summed E-state index contributed by atoms with van der Waals surface area (Å²) in [6.45, 7) is 0.742. The molecular formula is C9H15N3O4. The molecule has 1 fully saturated rings. The fraction of sp³-hybridized carbons (Fsp3) is 0.667. The Morgan fingerprint density at radius 3 is 2.62 bits per heavy atom. The predicted molar refractivity (Wildman–Crippen MR) is 54.4 cm³/mol. The molecule has 1 rings (SSSR count). The van der Waals surface area contributed by atoms with Crippen LogP contribution in [0.3, 0.4) is 0 Å². The van der Waals surface area contributed by atoms with Crippen LogP contribution in [-0.2, 0) is 14.4 Å². The van der Waals surface area contributed by atoms with Gasteiger partial charge in [-0.1, -0.05) is 0 Å². The second-order valence-electron chi connectivity index (χ2n) is 3.72. The lowest BCUT2D eigenvalue weighted by molar-refractivity contribution is -0.143. The molecule has 90 valence electrons. The van der Waals surface area contributed by atoms with Crippen molar-refractivity contribution in [2.24, 2.45) is 5.73 Å². The van der Waals surface area contributed by atoms with Crippen molar-refractivity contribution < 1.29 is 19.5 Å². The number of hydrogen-bond acceptors (Lipinski definition) is 4. The minimum absolute atomic E-state index is 0.366. The molecule has 0 saturated carbocycles. The molecule has 0 bridgehead atoms. The minimum Gasteiger partial charge on any atom is -0.480 e. The van der Waals surface area contributed by atoms with Crippen LogP contribution >= 0.6 is 0 Å². The van der Waals surface area contributed by atoms with Gasteiger partial charge in [-0.15, -0.1) is 0 Å². The number of carbonyl (C=O) groups is 3. The summed E-state index contributed by atoms with van der Waals surface area (Å²) in [4.78, 5) is 32.9. The van der Waals surface area contributed by atoms with E-state index >= 15 is 0 Å². The summed E-state index contributed by atoms with van der Waals surface area (Å²) in [5, 5.41) is 14.0. The molecule has 7 heteroatoms. The molecule has 0 aromatic heterocycles. The first-order valence-electron chi connectivity index (χ1n) is 5.05. The maximum Gasteiger partial charge on any atom is 0.326 e. The number of carbonyl (C=O) groups excluding carboxylic acids is 2. The fourth-order valence-electron chi connectivity index (χ4n) is 1.58. The first kappa shape index (κ1) is 12.4. The van der Waals surface area contributed by atoms with Crippen LogP contribution in [0.15, 0.2) is 0 Å². The molecule has 0 radical (unpaired) electrons. The molecular weight excluding hydrogens is 214 g/mol. The fourth-order valence-corrected chi connectivity index (χ4v) is 1.58. The van der Waals surface area contributed by atoms with Gasteiger partial charge < -0.3 is 21.5 Å². The molecule has 1 aliphatic rings. The van der Waals surface area contributed by atoms with Crippen LogP contribution in [0.25, 0.3) is 0 Å². The van der Waals surface area contributed by atoms with Crippen molar-refractivity contribution in [3.63, 3.8) is 0 Å². The zero-order valence-electron chi connectivity index (χ0n) is 8.73. The van der Waals surface area contributed by atoms with E-state index in [1.165, 1.54) is 0 Å². The van der Waals surface area contributed by atoms with Crippen LogP contribution < -0.4 is 16.4 Å². The summed E-state index contributed by atoms with van der Waals surface area (Å²) in [5.41, 5.74) is 4.89. The van der Waals surface area contributed by atoms with E-state index in [1.807, 2.05) is 0 Å². The quantitative estimate of drug-likeness (QED) is 0.442. The topological polar surface area (TPSA) is 122 Å². The zero-order valence-corrected chi connectivity index (χ0v) is 8.73. The van der Waals surface area contributed by atoms with Crippen LogP contribution in [0.5, 0.6) is 0 Å². The summed E-state index contributed by atoms with van der Waals surface area (Å²) in [6, 6.07) is -1.61. The van der Waals surface area contributed by atoms with Gasteiger partial charge in [0.2, 0.25) is 11.8 Å². The number of amides is 2. The van der Waals surface area contributed by atoms with E-state index in [0.29, 0.717) is 6.42 Å². The molecule has 0 aromatic carbocycles. The van der Waals surface area contributed by atoms with Crippen molar-refractivity contribution in [3.05, 3.63) is 0 Å². The third-order valence-corrected chi connectivity index (χ3v) is 2.40. The molecule has 2 amide bonds. The van der Waals surface area contributed by atoms with Gasteiger partial charge in [0.25, 0.3) is 0 Å². The number of nitrogens with one attached hydrogen (secondary N) is 2. The highest BCUT2D eigenvalue weighted by Crippen LogP contribution is 2.05. The molecule has 2 atom stereocenters. The van der Waals surface area contributed by atoms with Crippen molar-refractivity contribution in [2.45, 2.75) is 31.3 Å². The van der Waals surface area contributed by atoms with Gasteiger partial charge in [-0.2, -0.15) is 0 Å². The Morgan fingerprint density at radius 1 is 1.50 bits per heavy atom. The van der Waals surface area contributed by atoms with Gasteiger partial charge in [0.05, 0.1) is 12.5 Å². The van der Waals surface area contributed by atoms with Gasteiger partial charge in [0.15, 0.2) is 0 Å². The second-order valence-corrected chi connectivity index (χ2v) is 3.72. The molecule has 1 aliphatic heterocycles. The van der Waals surface area contributed by atoms with Crippen LogP contribution in [-0.4, -0.2) is 41.5 Å². The Morgan fingerprint density at radius 2 is 2.19 bits per heavy atom. The largest absolute Gasteiger partial charge is 0.480 e. The van der Waals surface area contributed by atoms with Gasteiger partial charge >= 0.3 is 5.97 Å². The Balaban J connectivity index is 2.50. The monoisotopic (exact) mass is 229 g/mol. The number of rotatable bonds is 5. The number of hydrogen-bond donors (Lipinski definition) is 4. The van der Waals surface area contributed by atoms with Crippen molar-refractivity contribution >= 4 is 17.8 Å². The summed E-state index contributed by atoms with van der Waals surface area (Å²) in [6.07, 6.45) is 1.16. The Kier molecular flexibility index (Phi) is 4.24. The number of primary amides is 1. The summed E-state index contributed by atoms with van der Waals surface area (Å²) in [5.74, 6) is -2.41. The standard InChI is InChI=1S/C9H15N3O4/c10-7(13)4-6(9(15)16)12-8(14)5-2-1-3-11-5/h5-6,11H,1-4H2,(H2,10,13)(H,12,14)(H,15,16)/t5?,6-/m0/s1. The van der Waals surface area contributed by atoms with E-state index in [-0.39, 0.29) is 6.04 Å². The zero-order chi connectivity index (χ0) is 12.1. The van der Waals surface area contributed by atoms with Crippen LogP contribution in [0.1, 0.15) is 19.3 Å². The van der Waals surface area contributed by atoms with E-state index < -0.39 is 30.2 Å². The highest BCUT2D eigenvalue weighted by molar-refractivity contribution is 5.90. The molecule has 7 nitrogen and oxygen atoms in total. The highest BCUT2D eigenvalue weighted by atomic mass is 16.4. The summed E-state index contributed by atoms with van der Waals surface area (Å²) in [7, 11) is 0. The molecule has 16 heavy (non-hydrogen) atoms. The van der Waals surface area contributed by atoms with E-state index in [1.54, 1.807) is 0 Å². The molecule has 0 aliphatic carbocycles. The number of carboxylic acids is 1. The van der Waals surface area contributed by atoms with Crippen LogP contribution in [0.4, 0.5) is 0 Å². The lowest BCUT2D eigenvalue weighted by Crippen LogP contribution is -2.49. The molecule has 1 heterocycles. The number of aliphatic carboxylic acids is 1. The van der Waals surface area contributed by atoms with Gasteiger partial charge in [0.1, 0.15) is 6.04 Å². The molecule has 0 spiro atoms. The molecule has 1 unspecified atom stereocenters. The molecule has 0 aromatic rings. The highest BCUT2D eigenvalue weighted by Gasteiger charge is 2.27. The van der Waals surface area contributed by atoms with Crippen molar-refractivity contribution in [1.82, 2.24) is 10.6 Å². The second kappa shape index (κ2) is 5.45. The van der Waals surface area contributed by atoms with Gasteiger partial charge in [-0.3, -0.25) is 9.59 Å². The lowest BCUT2D eigenvalue weighted by atomic mass is 10.1. The Hall–Kier alpha value is -1.63. The van der Waals surface area contributed by atoms with Crippen LogP contribution in [0.2, 0.25) is 0 Å². The van der Waals surface area contributed by atoms with E-state index in [4.69, 9.17) is 10.8 Å². The number of carboxylic acid groups (broad SMARTS) is 1. The first-order chi connectivity index (χ1) is 7.50. The van der Waals surface area contributed by atoms with Crippen molar-refractivity contribution in [3.8, 4) is 0 Å². The third-order valence-electron chi connectivity index (χ3n) is 2.40. The van der Waals surface area contributed by atoms with E-state index in [0.717, 1.165) is 13.0 Å². The van der Waals surface area contributed by atoms with E-state index in [2.05, 4.69) is 10.6 Å². The third kappa shape index (κ3) is 3.50. The minimum atomic E-state index is -1.26. The normalized spacial score (nSPS) is 21.4. The maximum absolute atomic E-state index is 11.6. The van der Waals surface area contributed by atoms with Crippen molar-refractivity contribution in [2.75, 3.05) is 6.54 Å². The Labute approximate surface area is 92.4 Å². The SMILES string of the molecule is NC(=O)C[C@H](NC(=O)C1CCCN1)C(=O)O. The van der Waals surface area contributed by atoms with Crippen molar-refractivity contribution in [1.29, 1.82) is 0 Å². The smallest absolute Gasteiger partial charge is 0.326 e. The summed E-state index contributed by atoms with van der Waals surface area (Å²) < 4.78 is 0. The Bertz CT molecular complexity index is 299. The number of nitrogens with two attached hydrogens (primary N) is 1. The van der Waals surface area contributed by atoms with E-state index in [9.17, 15) is 14.4 Å². The maximum atomic E-state index is 11.6. The van der Waals surface area contributed by atoms with Gasteiger partial charge in [-0.25, -0.2) is 4.79 Å². The first-order valence-corrected chi connectivity index (χ1v) is 5.05. The van der Waals surface area contributed by atoms with Gasteiger partial charge in [-0.05, 0) is 19.4 Å². The van der Waals surface area contributed by atoms with Gasteiger partial charge in [0, 0.05) is 0 Å². The predicted octanol–water partition coefficient (Wildman–Crippen LogP) is -1.82. The molecule has 5 N–H and O–H groups in total. The molecule has 1 saturated heterocycles.